The van der Waals surface area contributed by atoms with Gasteiger partial charge in [-0.15, -0.1) is 0 Å². The van der Waals surface area contributed by atoms with Gasteiger partial charge in [0.15, 0.2) is 0 Å². The maximum atomic E-state index is 12.7. The number of aromatic nitrogens is 1. The summed E-state index contributed by atoms with van der Waals surface area (Å²) < 4.78 is 38.1. The largest absolute Gasteiger partial charge is 0.433 e. The second kappa shape index (κ2) is 5.73. The summed E-state index contributed by atoms with van der Waals surface area (Å²) >= 11 is 0. The molecule has 0 aliphatic carbocycles. The van der Waals surface area contributed by atoms with Crippen molar-refractivity contribution in [2.45, 2.75) is 18.6 Å². The minimum atomic E-state index is -4.47. The Morgan fingerprint density at radius 1 is 1.05 bits per heavy atom. The van der Waals surface area contributed by atoms with Gasteiger partial charge in [0.25, 0.3) is 0 Å². The van der Waals surface area contributed by atoms with E-state index in [0.717, 1.165) is 11.6 Å². The second-order valence-electron chi connectivity index (χ2n) is 4.93. The number of pyridine rings is 1. The smallest absolute Gasteiger partial charge is 0.360 e. The first-order valence-electron chi connectivity index (χ1n) is 6.43. The lowest BCUT2D eigenvalue weighted by Gasteiger charge is -2.30. The van der Waals surface area contributed by atoms with Crippen LogP contribution < -0.4 is 11.1 Å². The molecule has 0 saturated heterocycles. The number of rotatable bonds is 4. The van der Waals surface area contributed by atoms with Crippen LogP contribution in [0.2, 0.25) is 0 Å². The van der Waals surface area contributed by atoms with Gasteiger partial charge in [-0.1, -0.05) is 36.4 Å². The summed E-state index contributed by atoms with van der Waals surface area (Å²) in [7, 11) is 0. The van der Waals surface area contributed by atoms with Gasteiger partial charge < -0.3 is 11.1 Å². The van der Waals surface area contributed by atoms with Crippen molar-refractivity contribution in [3.8, 4) is 0 Å². The molecule has 1 unspecified atom stereocenters. The predicted octanol–water partition coefficient (Wildman–Crippen LogP) is 3.39. The number of hydrogen-bond donors (Lipinski definition) is 2. The number of nitrogens with zero attached hydrogens (tertiary/aromatic N) is 1. The van der Waals surface area contributed by atoms with Gasteiger partial charge in [0.05, 0.1) is 5.54 Å². The molecule has 112 valence electrons. The van der Waals surface area contributed by atoms with E-state index < -0.39 is 17.4 Å². The van der Waals surface area contributed by atoms with Gasteiger partial charge in [0, 0.05) is 6.54 Å². The van der Waals surface area contributed by atoms with E-state index in [4.69, 9.17) is 5.73 Å². The second-order valence-corrected chi connectivity index (χ2v) is 4.93. The summed E-state index contributed by atoms with van der Waals surface area (Å²) in [6.07, 6.45) is -4.47. The summed E-state index contributed by atoms with van der Waals surface area (Å²) in [4.78, 5) is 3.61. The van der Waals surface area contributed by atoms with E-state index >= 15 is 0 Å². The summed E-state index contributed by atoms with van der Waals surface area (Å²) in [5, 5.41) is 3.00. The number of nitrogens with one attached hydrogen (secondary N) is 1. The third-order valence-corrected chi connectivity index (χ3v) is 3.26. The summed E-state index contributed by atoms with van der Waals surface area (Å²) in [6, 6.07) is 13.1. The van der Waals surface area contributed by atoms with Crippen LogP contribution in [-0.4, -0.2) is 11.5 Å². The lowest BCUT2D eigenvalue weighted by atomic mass is 9.92. The Balaban J connectivity index is 2.31. The van der Waals surface area contributed by atoms with Gasteiger partial charge in [0.1, 0.15) is 11.5 Å². The van der Waals surface area contributed by atoms with Crippen LogP contribution in [-0.2, 0) is 11.7 Å². The lowest BCUT2D eigenvalue weighted by molar-refractivity contribution is -0.141. The molecule has 1 aromatic carbocycles. The van der Waals surface area contributed by atoms with E-state index in [2.05, 4.69) is 10.3 Å². The zero-order valence-corrected chi connectivity index (χ0v) is 11.5. The Labute approximate surface area is 121 Å². The molecular formula is C15H16F3N3. The van der Waals surface area contributed by atoms with Crippen LogP contribution in [0, 0.1) is 0 Å². The molecule has 0 bridgehead atoms. The van der Waals surface area contributed by atoms with Crippen molar-refractivity contribution >= 4 is 5.82 Å². The van der Waals surface area contributed by atoms with Gasteiger partial charge in [-0.05, 0) is 24.6 Å². The van der Waals surface area contributed by atoms with Crippen molar-refractivity contribution in [1.82, 2.24) is 4.98 Å². The highest BCUT2D eigenvalue weighted by Gasteiger charge is 2.33. The van der Waals surface area contributed by atoms with Crippen LogP contribution in [0.4, 0.5) is 19.0 Å². The van der Waals surface area contributed by atoms with E-state index in [0.29, 0.717) is 0 Å². The molecule has 1 aromatic heterocycles. The monoisotopic (exact) mass is 295 g/mol. The van der Waals surface area contributed by atoms with Gasteiger partial charge >= 0.3 is 6.18 Å². The molecule has 0 fully saturated rings. The van der Waals surface area contributed by atoms with Crippen molar-refractivity contribution in [3.05, 3.63) is 59.8 Å². The number of anilines is 1. The first kappa shape index (κ1) is 15.3. The molecule has 1 heterocycles. The van der Waals surface area contributed by atoms with Gasteiger partial charge in [-0.25, -0.2) is 4.98 Å². The van der Waals surface area contributed by atoms with Gasteiger partial charge in [-0.2, -0.15) is 13.2 Å². The highest BCUT2D eigenvalue weighted by Crippen LogP contribution is 2.30. The van der Waals surface area contributed by atoms with Crippen molar-refractivity contribution in [2.75, 3.05) is 11.9 Å². The highest BCUT2D eigenvalue weighted by atomic mass is 19.4. The molecule has 3 N–H and O–H groups in total. The fourth-order valence-corrected chi connectivity index (χ4v) is 1.99. The van der Waals surface area contributed by atoms with Crippen molar-refractivity contribution < 1.29 is 13.2 Å². The Bertz CT molecular complexity index is 599. The number of nitrogens with two attached hydrogens (primary N) is 1. The van der Waals surface area contributed by atoms with E-state index in [9.17, 15) is 13.2 Å². The highest BCUT2D eigenvalue weighted by molar-refractivity contribution is 5.43. The fraction of sp³-hybridized carbons (Fsp3) is 0.267. The SMILES string of the molecule is CC(CN)(Nc1cccc(C(F)(F)F)n1)c1ccccc1. The minimum Gasteiger partial charge on any atom is -0.360 e. The first-order valence-corrected chi connectivity index (χ1v) is 6.43. The fourth-order valence-electron chi connectivity index (χ4n) is 1.99. The minimum absolute atomic E-state index is 0.140. The zero-order chi connectivity index (χ0) is 15.5. The van der Waals surface area contributed by atoms with Crippen LogP contribution in [0.3, 0.4) is 0 Å². The molecule has 1 atom stereocenters. The Morgan fingerprint density at radius 3 is 2.29 bits per heavy atom. The molecule has 2 aromatic rings. The Kier molecular flexibility index (Phi) is 4.18. The van der Waals surface area contributed by atoms with E-state index in [1.54, 1.807) is 0 Å². The van der Waals surface area contributed by atoms with Crippen molar-refractivity contribution in [1.29, 1.82) is 0 Å². The van der Waals surface area contributed by atoms with E-state index in [1.165, 1.54) is 12.1 Å². The lowest BCUT2D eigenvalue weighted by Crippen LogP contribution is -2.40. The first-order chi connectivity index (χ1) is 9.85. The quantitative estimate of drug-likeness (QED) is 0.909. The molecule has 21 heavy (non-hydrogen) atoms. The number of alkyl halides is 3. The summed E-state index contributed by atoms with van der Waals surface area (Å²) in [6.45, 7) is 2.04. The molecule has 0 aliphatic heterocycles. The van der Waals surface area contributed by atoms with Crippen LogP contribution in [0.5, 0.6) is 0 Å². The molecule has 6 heteroatoms. The maximum Gasteiger partial charge on any atom is 0.433 e. The number of benzene rings is 1. The Hall–Kier alpha value is -2.08. The predicted molar refractivity (Wildman–Crippen MR) is 75.7 cm³/mol. The van der Waals surface area contributed by atoms with Crippen LogP contribution in [0.15, 0.2) is 48.5 Å². The average Bonchev–Trinajstić information content (AvgIpc) is 2.47. The van der Waals surface area contributed by atoms with E-state index in [1.807, 2.05) is 37.3 Å². The van der Waals surface area contributed by atoms with Crippen molar-refractivity contribution in [3.63, 3.8) is 0 Å². The number of halogens is 3. The molecule has 3 nitrogen and oxygen atoms in total. The molecule has 0 aliphatic rings. The standard InChI is InChI=1S/C15H16F3N3/c1-14(10-19,11-6-3-2-4-7-11)21-13-9-5-8-12(20-13)15(16,17)18/h2-9H,10,19H2,1H3,(H,20,21). The van der Waals surface area contributed by atoms with Crippen LogP contribution in [0.25, 0.3) is 0 Å². The third kappa shape index (κ3) is 3.52. The van der Waals surface area contributed by atoms with E-state index in [-0.39, 0.29) is 12.4 Å². The average molecular weight is 295 g/mol. The normalized spacial score (nSPS) is 14.5. The molecule has 0 spiro atoms. The van der Waals surface area contributed by atoms with Gasteiger partial charge in [0.2, 0.25) is 0 Å². The topological polar surface area (TPSA) is 50.9 Å². The molecule has 0 radical (unpaired) electrons. The summed E-state index contributed by atoms with van der Waals surface area (Å²) in [5.74, 6) is 0.140. The zero-order valence-electron chi connectivity index (χ0n) is 11.5. The maximum absolute atomic E-state index is 12.7. The van der Waals surface area contributed by atoms with Crippen LogP contribution >= 0.6 is 0 Å². The Morgan fingerprint density at radius 2 is 1.71 bits per heavy atom. The van der Waals surface area contributed by atoms with Crippen molar-refractivity contribution in [2.24, 2.45) is 5.73 Å². The molecule has 0 saturated carbocycles. The molecular weight excluding hydrogens is 279 g/mol. The molecule has 2 rings (SSSR count). The third-order valence-electron chi connectivity index (χ3n) is 3.26. The van der Waals surface area contributed by atoms with Gasteiger partial charge in [-0.3, -0.25) is 0 Å². The summed E-state index contributed by atoms with van der Waals surface area (Å²) in [5.41, 5.74) is 5.05. The molecule has 0 amide bonds. The number of hydrogen-bond acceptors (Lipinski definition) is 3. The van der Waals surface area contributed by atoms with Crippen LogP contribution in [0.1, 0.15) is 18.2 Å².